The van der Waals surface area contributed by atoms with Gasteiger partial charge in [0.2, 0.25) is 0 Å². The highest BCUT2D eigenvalue weighted by molar-refractivity contribution is 5.94. The minimum absolute atomic E-state index is 0.0133. The zero-order valence-electron chi connectivity index (χ0n) is 19.7. The van der Waals surface area contributed by atoms with Crippen molar-refractivity contribution in [2.24, 2.45) is 7.05 Å². The number of carboxylic acid groups (broad SMARTS) is 1. The molecule has 9 heteroatoms. The van der Waals surface area contributed by atoms with E-state index in [0.717, 1.165) is 22.3 Å². The molecule has 1 heterocycles. The van der Waals surface area contributed by atoms with E-state index in [2.05, 4.69) is 34.7 Å². The standard InChI is InChI=1S/C26H28N4O5/c1-3-30(14-8-13-24(31)32)25(33)22-15-23(29(2)28-22)27-26(34)35-16-21-19-11-6-4-9-17(19)18-10-5-7-12-20(18)21/h4-7,9-12,15,21H,3,8,13-14,16H2,1-2H3,(H,27,34)(H,31,32). The molecule has 0 saturated heterocycles. The second kappa shape index (κ2) is 10.4. The van der Waals surface area contributed by atoms with E-state index in [4.69, 9.17) is 9.84 Å². The predicted octanol–water partition coefficient (Wildman–Crippen LogP) is 4.11. The summed E-state index contributed by atoms with van der Waals surface area (Å²) < 4.78 is 6.97. The van der Waals surface area contributed by atoms with E-state index in [9.17, 15) is 14.4 Å². The molecule has 0 saturated carbocycles. The maximum atomic E-state index is 12.8. The first kappa shape index (κ1) is 24.0. The summed E-state index contributed by atoms with van der Waals surface area (Å²) >= 11 is 0. The second-order valence-electron chi connectivity index (χ2n) is 8.37. The minimum atomic E-state index is -0.902. The molecule has 3 aromatic rings. The SMILES string of the molecule is CCN(CCCC(=O)O)C(=O)c1cc(NC(=O)OCC2c3ccccc3-c3ccccc32)n(C)n1. The summed E-state index contributed by atoms with van der Waals surface area (Å²) in [6.07, 6.45) is -0.296. The Morgan fingerprint density at radius 1 is 1.09 bits per heavy atom. The van der Waals surface area contributed by atoms with Crippen LogP contribution in [0.1, 0.15) is 47.3 Å². The number of amides is 2. The number of hydrogen-bond acceptors (Lipinski definition) is 5. The molecule has 1 aromatic heterocycles. The summed E-state index contributed by atoms with van der Waals surface area (Å²) in [5, 5.41) is 15.7. The lowest BCUT2D eigenvalue weighted by Crippen LogP contribution is -2.32. The number of nitrogens with zero attached hydrogens (tertiary/aromatic N) is 3. The normalized spacial score (nSPS) is 12.1. The fraction of sp³-hybridized carbons (Fsp3) is 0.308. The van der Waals surface area contributed by atoms with E-state index < -0.39 is 12.1 Å². The number of aryl methyl sites for hydroxylation is 1. The van der Waals surface area contributed by atoms with Crippen LogP contribution in [0.2, 0.25) is 0 Å². The molecule has 2 aromatic carbocycles. The van der Waals surface area contributed by atoms with Crippen molar-refractivity contribution < 1.29 is 24.2 Å². The number of carbonyl (C=O) groups excluding carboxylic acids is 2. The summed E-state index contributed by atoms with van der Waals surface area (Å²) in [7, 11) is 1.62. The Bertz CT molecular complexity index is 1210. The van der Waals surface area contributed by atoms with Crippen molar-refractivity contribution in [3.05, 3.63) is 71.4 Å². The second-order valence-corrected chi connectivity index (χ2v) is 8.37. The highest BCUT2D eigenvalue weighted by Gasteiger charge is 2.29. The van der Waals surface area contributed by atoms with Gasteiger partial charge in [0.25, 0.3) is 5.91 Å². The average molecular weight is 477 g/mol. The molecule has 182 valence electrons. The van der Waals surface area contributed by atoms with Gasteiger partial charge < -0.3 is 14.7 Å². The fourth-order valence-corrected chi connectivity index (χ4v) is 4.41. The molecule has 0 spiro atoms. The van der Waals surface area contributed by atoms with Crippen molar-refractivity contribution in [3.8, 4) is 11.1 Å². The molecule has 0 atom stereocenters. The van der Waals surface area contributed by atoms with Crippen molar-refractivity contribution in [1.29, 1.82) is 0 Å². The maximum absolute atomic E-state index is 12.8. The molecule has 0 radical (unpaired) electrons. The average Bonchev–Trinajstić information content (AvgIpc) is 3.37. The molecule has 1 aliphatic carbocycles. The zero-order chi connectivity index (χ0) is 24.9. The van der Waals surface area contributed by atoms with Gasteiger partial charge in [-0.2, -0.15) is 5.10 Å². The van der Waals surface area contributed by atoms with Gasteiger partial charge in [0.05, 0.1) is 0 Å². The van der Waals surface area contributed by atoms with Gasteiger partial charge in [-0.1, -0.05) is 48.5 Å². The van der Waals surface area contributed by atoms with E-state index >= 15 is 0 Å². The lowest BCUT2D eigenvalue weighted by molar-refractivity contribution is -0.137. The highest BCUT2D eigenvalue weighted by Crippen LogP contribution is 2.44. The maximum Gasteiger partial charge on any atom is 0.412 e. The number of anilines is 1. The Hall–Kier alpha value is -4.14. The lowest BCUT2D eigenvalue weighted by Gasteiger charge is -2.19. The van der Waals surface area contributed by atoms with E-state index in [1.54, 1.807) is 7.05 Å². The Kier molecular flexibility index (Phi) is 7.14. The van der Waals surface area contributed by atoms with Crippen molar-refractivity contribution in [1.82, 2.24) is 14.7 Å². The number of benzene rings is 2. The van der Waals surface area contributed by atoms with Crippen molar-refractivity contribution in [3.63, 3.8) is 0 Å². The number of rotatable bonds is 9. The van der Waals surface area contributed by atoms with Crippen LogP contribution >= 0.6 is 0 Å². The van der Waals surface area contributed by atoms with Crippen molar-refractivity contribution >= 4 is 23.8 Å². The number of ether oxygens (including phenoxy) is 1. The first-order valence-corrected chi connectivity index (χ1v) is 11.6. The monoisotopic (exact) mass is 476 g/mol. The third-order valence-corrected chi connectivity index (χ3v) is 6.16. The van der Waals surface area contributed by atoms with Crippen LogP contribution in [0, 0.1) is 0 Å². The molecular formula is C26H28N4O5. The smallest absolute Gasteiger partial charge is 0.412 e. The number of carbonyl (C=O) groups is 3. The van der Waals surface area contributed by atoms with Crippen LogP contribution < -0.4 is 5.32 Å². The molecule has 0 aliphatic heterocycles. The third-order valence-electron chi connectivity index (χ3n) is 6.16. The molecule has 0 unspecified atom stereocenters. The molecule has 2 N–H and O–H groups in total. The summed E-state index contributed by atoms with van der Waals surface area (Å²) in [5.74, 6) is -0.956. The third kappa shape index (κ3) is 5.18. The topological polar surface area (TPSA) is 114 Å². The van der Waals surface area contributed by atoms with Gasteiger partial charge >= 0.3 is 12.1 Å². The lowest BCUT2D eigenvalue weighted by atomic mass is 9.98. The van der Waals surface area contributed by atoms with E-state index in [-0.39, 0.29) is 30.5 Å². The fourth-order valence-electron chi connectivity index (χ4n) is 4.41. The van der Waals surface area contributed by atoms with Crippen molar-refractivity contribution in [2.75, 3.05) is 25.0 Å². The van der Waals surface area contributed by atoms with Gasteiger partial charge in [-0.3, -0.25) is 19.6 Å². The van der Waals surface area contributed by atoms with Crippen LogP contribution in [0.4, 0.5) is 10.6 Å². The Labute approximate surface area is 203 Å². The van der Waals surface area contributed by atoms with E-state index in [1.165, 1.54) is 15.6 Å². The molecule has 9 nitrogen and oxygen atoms in total. The number of aromatic nitrogens is 2. The molecule has 0 fully saturated rings. The van der Waals surface area contributed by atoms with Gasteiger partial charge in [0.1, 0.15) is 12.4 Å². The van der Waals surface area contributed by atoms with Crippen LogP contribution in [-0.4, -0.2) is 57.5 Å². The molecule has 0 bridgehead atoms. The summed E-state index contributed by atoms with van der Waals surface area (Å²) in [6.45, 7) is 2.73. The van der Waals surface area contributed by atoms with Crippen LogP contribution in [0.25, 0.3) is 11.1 Å². The minimum Gasteiger partial charge on any atom is -0.481 e. The number of aliphatic carboxylic acids is 1. The first-order valence-electron chi connectivity index (χ1n) is 11.6. The summed E-state index contributed by atoms with van der Waals surface area (Å²) in [6, 6.07) is 17.7. The highest BCUT2D eigenvalue weighted by atomic mass is 16.5. The van der Waals surface area contributed by atoms with Gasteiger partial charge in [0, 0.05) is 38.5 Å². The Morgan fingerprint density at radius 2 is 1.71 bits per heavy atom. The molecule has 35 heavy (non-hydrogen) atoms. The van der Waals surface area contributed by atoms with E-state index in [1.807, 2.05) is 31.2 Å². The molecule has 1 aliphatic rings. The quantitative estimate of drug-likeness (QED) is 0.481. The predicted molar refractivity (Wildman–Crippen MR) is 130 cm³/mol. The number of fused-ring (bicyclic) bond motifs is 3. The number of carboxylic acids is 1. The van der Waals surface area contributed by atoms with Gasteiger partial charge in [-0.25, -0.2) is 4.79 Å². The first-order chi connectivity index (χ1) is 16.9. The van der Waals surface area contributed by atoms with Crippen LogP contribution in [0.15, 0.2) is 54.6 Å². The molecular weight excluding hydrogens is 448 g/mol. The number of nitrogens with one attached hydrogen (secondary N) is 1. The van der Waals surface area contributed by atoms with Gasteiger partial charge in [-0.05, 0) is 35.6 Å². The van der Waals surface area contributed by atoms with Crippen LogP contribution in [-0.2, 0) is 16.6 Å². The largest absolute Gasteiger partial charge is 0.481 e. The number of hydrogen-bond donors (Lipinski definition) is 2. The van der Waals surface area contributed by atoms with Crippen molar-refractivity contribution in [2.45, 2.75) is 25.7 Å². The molecule has 4 rings (SSSR count). The van der Waals surface area contributed by atoms with Crippen LogP contribution in [0.5, 0.6) is 0 Å². The summed E-state index contributed by atoms with van der Waals surface area (Å²) in [4.78, 5) is 37.7. The van der Waals surface area contributed by atoms with E-state index in [0.29, 0.717) is 25.3 Å². The summed E-state index contributed by atoms with van der Waals surface area (Å²) in [5.41, 5.74) is 4.71. The van der Waals surface area contributed by atoms with Gasteiger partial charge in [-0.15, -0.1) is 0 Å². The van der Waals surface area contributed by atoms with Crippen LogP contribution in [0.3, 0.4) is 0 Å². The Balaban J connectivity index is 1.39. The zero-order valence-corrected chi connectivity index (χ0v) is 19.7. The van der Waals surface area contributed by atoms with Gasteiger partial charge in [0.15, 0.2) is 5.69 Å². The molecule has 2 amide bonds. The Morgan fingerprint density at radius 3 is 2.31 bits per heavy atom.